The van der Waals surface area contributed by atoms with Crippen LogP contribution in [0.25, 0.3) is 10.9 Å². The molecular weight excluding hydrogens is 264 g/mol. The van der Waals surface area contributed by atoms with Gasteiger partial charge in [-0.3, -0.25) is 4.79 Å². The van der Waals surface area contributed by atoms with Crippen molar-refractivity contribution in [2.75, 3.05) is 13.2 Å². The molecule has 1 aromatic heterocycles. The van der Waals surface area contributed by atoms with Gasteiger partial charge in [0, 0.05) is 17.4 Å². The molecule has 1 saturated carbocycles. The third kappa shape index (κ3) is 2.23. The second-order valence-electron chi connectivity index (χ2n) is 6.03. The summed E-state index contributed by atoms with van der Waals surface area (Å²) in [6.45, 7) is 1.36. The van der Waals surface area contributed by atoms with Gasteiger partial charge in [0.15, 0.2) is 0 Å². The van der Waals surface area contributed by atoms with Crippen LogP contribution in [0.4, 0.5) is 0 Å². The van der Waals surface area contributed by atoms with Crippen molar-refractivity contribution in [3.05, 3.63) is 36.0 Å². The number of rotatable bonds is 1. The summed E-state index contributed by atoms with van der Waals surface area (Å²) in [5, 5.41) is 1.09. The Balaban J connectivity index is 1.63. The van der Waals surface area contributed by atoms with Crippen LogP contribution in [-0.4, -0.2) is 41.1 Å². The van der Waals surface area contributed by atoms with Crippen molar-refractivity contribution in [1.82, 2.24) is 9.88 Å². The molecule has 2 aliphatic rings. The summed E-state index contributed by atoms with van der Waals surface area (Å²) in [6.07, 6.45) is 4.80. The predicted molar refractivity (Wildman–Crippen MR) is 81.3 cm³/mol. The van der Waals surface area contributed by atoms with E-state index in [1.54, 1.807) is 0 Å². The van der Waals surface area contributed by atoms with Crippen molar-refractivity contribution in [3.8, 4) is 0 Å². The molecule has 0 radical (unpaired) electrons. The molecule has 2 heterocycles. The van der Waals surface area contributed by atoms with Crippen molar-refractivity contribution in [2.45, 2.75) is 37.8 Å². The maximum atomic E-state index is 12.9. The van der Waals surface area contributed by atoms with Gasteiger partial charge in [-0.25, -0.2) is 0 Å². The standard InChI is InChI=1S/C17H20N2O2/c20-17(14-11-12-5-1-2-6-13(12)18-14)19-9-10-21-16-8-4-3-7-15(16)19/h1-2,5-6,11,15-16,18H,3-4,7-10H2/t15-,16-/m1/s1. The van der Waals surface area contributed by atoms with Gasteiger partial charge in [0.1, 0.15) is 5.69 Å². The zero-order valence-corrected chi connectivity index (χ0v) is 12.0. The number of nitrogens with zero attached hydrogens (tertiary/aromatic N) is 1. The number of amides is 1. The van der Waals surface area contributed by atoms with Crippen LogP contribution in [0.5, 0.6) is 0 Å². The van der Waals surface area contributed by atoms with Crippen LogP contribution in [0.2, 0.25) is 0 Å². The molecule has 4 nitrogen and oxygen atoms in total. The van der Waals surface area contributed by atoms with E-state index in [1.165, 1.54) is 12.8 Å². The molecule has 1 N–H and O–H groups in total. The molecule has 2 aromatic rings. The Hall–Kier alpha value is -1.81. The molecule has 1 aliphatic heterocycles. The van der Waals surface area contributed by atoms with Gasteiger partial charge >= 0.3 is 0 Å². The highest BCUT2D eigenvalue weighted by Crippen LogP contribution is 2.29. The second kappa shape index (κ2) is 5.19. The number of carbonyl (C=O) groups excluding carboxylic acids is 1. The highest BCUT2D eigenvalue weighted by Gasteiger charge is 2.37. The van der Waals surface area contributed by atoms with Crippen LogP contribution in [0.15, 0.2) is 30.3 Å². The fraction of sp³-hybridized carbons (Fsp3) is 0.471. The minimum Gasteiger partial charge on any atom is -0.374 e. The molecular formula is C17H20N2O2. The van der Waals surface area contributed by atoms with Gasteiger partial charge in [0.25, 0.3) is 5.91 Å². The predicted octanol–water partition coefficient (Wildman–Crippen LogP) is 2.95. The highest BCUT2D eigenvalue weighted by atomic mass is 16.5. The van der Waals surface area contributed by atoms with E-state index in [-0.39, 0.29) is 18.1 Å². The summed E-state index contributed by atoms with van der Waals surface area (Å²) < 4.78 is 5.85. The fourth-order valence-corrected chi connectivity index (χ4v) is 3.69. The van der Waals surface area contributed by atoms with E-state index in [0.717, 1.165) is 23.7 Å². The average molecular weight is 284 g/mol. The summed E-state index contributed by atoms with van der Waals surface area (Å²) in [5.41, 5.74) is 1.72. The Bertz CT molecular complexity index is 629. The first-order valence-electron chi connectivity index (χ1n) is 7.83. The zero-order chi connectivity index (χ0) is 14.2. The number of hydrogen-bond acceptors (Lipinski definition) is 2. The number of benzene rings is 1. The van der Waals surface area contributed by atoms with E-state index in [0.29, 0.717) is 18.8 Å². The van der Waals surface area contributed by atoms with E-state index in [9.17, 15) is 4.79 Å². The highest BCUT2D eigenvalue weighted by molar-refractivity contribution is 5.98. The number of aromatic nitrogens is 1. The lowest BCUT2D eigenvalue weighted by Crippen LogP contribution is -2.54. The van der Waals surface area contributed by atoms with Crippen molar-refractivity contribution >= 4 is 16.8 Å². The summed E-state index contributed by atoms with van der Waals surface area (Å²) in [5.74, 6) is 0.117. The van der Waals surface area contributed by atoms with Crippen LogP contribution in [0.1, 0.15) is 36.2 Å². The Labute approximate surface area is 124 Å². The molecule has 1 aromatic carbocycles. The number of H-pyrrole nitrogens is 1. The Morgan fingerprint density at radius 3 is 3.00 bits per heavy atom. The third-order valence-electron chi connectivity index (χ3n) is 4.75. The number of morpholine rings is 1. The summed E-state index contributed by atoms with van der Waals surface area (Å²) in [7, 11) is 0. The molecule has 4 rings (SSSR count). The van der Waals surface area contributed by atoms with E-state index >= 15 is 0 Å². The number of nitrogens with one attached hydrogen (secondary N) is 1. The van der Waals surface area contributed by atoms with Gasteiger partial charge in [-0.15, -0.1) is 0 Å². The third-order valence-corrected chi connectivity index (χ3v) is 4.75. The Morgan fingerprint density at radius 1 is 1.24 bits per heavy atom. The van der Waals surface area contributed by atoms with Crippen molar-refractivity contribution < 1.29 is 9.53 Å². The van der Waals surface area contributed by atoms with Gasteiger partial charge in [-0.2, -0.15) is 0 Å². The molecule has 110 valence electrons. The molecule has 2 fully saturated rings. The van der Waals surface area contributed by atoms with Gasteiger partial charge < -0.3 is 14.6 Å². The summed E-state index contributed by atoms with van der Waals surface area (Å²) in [6, 6.07) is 10.2. The number of hydrogen-bond donors (Lipinski definition) is 1. The van der Waals surface area contributed by atoms with Crippen molar-refractivity contribution in [2.24, 2.45) is 0 Å². The van der Waals surface area contributed by atoms with Crippen molar-refractivity contribution in [1.29, 1.82) is 0 Å². The first kappa shape index (κ1) is 12.9. The van der Waals surface area contributed by atoms with E-state index < -0.39 is 0 Å². The Kier molecular flexibility index (Phi) is 3.19. The van der Waals surface area contributed by atoms with Crippen LogP contribution < -0.4 is 0 Å². The zero-order valence-electron chi connectivity index (χ0n) is 12.0. The number of carbonyl (C=O) groups is 1. The van der Waals surface area contributed by atoms with Gasteiger partial charge in [-0.1, -0.05) is 31.0 Å². The van der Waals surface area contributed by atoms with Crippen molar-refractivity contribution in [3.63, 3.8) is 0 Å². The summed E-state index contributed by atoms with van der Waals surface area (Å²) in [4.78, 5) is 18.1. The van der Waals surface area contributed by atoms with Crippen LogP contribution >= 0.6 is 0 Å². The molecule has 2 atom stereocenters. The lowest BCUT2D eigenvalue weighted by Gasteiger charge is -2.43. The lowest BCUT2D eigenvalue weighted by molar-refractivity contribution is -0.0754. The van der Waals surface area contributed by atoms with E-state index in [4.69, 9.17) is 4.74 Å². The summed E-state index contributed by atoms with van der Waals surface area (Å²) >= 11 is 0. The molecule has 0 spiro atoms. The number of aromatic amines is 1. The SMILES string of the molecule is O=C(c1cc2ccccc2[nH]1)N1CCO[C@@H]2CCCC[C@H]21. The molecule has 1 aliphatic carbocycles. The molecule has 21 heavy (non-hydrogen) atoms. The minimum atomic E-state index is 0.117. The molecule has 0 unspecified atom stereocenters. The van der Waals surface area contributed by atoms with E-state index in [1.807, 2.05) is 35.2 Å². The van der Waals surface area contributed by atoms with Crippen LogP contribution in [0.3, 0.4) is 0 Å². The van der Waals surface area contributed by atoms with Crippen LogP contribution in [-0.2, 0) is 4.74 Å². The maximum absolute atomic E-state index is 12.9. The topological polar surface area (TPSA) is 45.3 Å². The maximum Gasteiger partial charge on any atom is 0.270 e. The smallest absolute Gasteiger partial charge is 0.270 e. The molecule has 1 saturated heterocycles. The van der Waals surface area contributed by atoms with Gasteiger partial charge in [0.05, 0.1) is 18.8 Å². The molecule has 4 heteroatoms. The van der Waals surface area contributed by atoms with Gasteiger partial charge in [-0.05, 0) is 25.0 Å². The average Bonchev–Trinajstić information content (AvgIpc) is 2.97. The normalized spacial score (nSPS) is 25.8. The monoisotopic (exact) mass is 284 g/mol. The number of fused-ring (bicyclic) bond motifs is 2. The largest absolute Gasteiger partial charge is 0.374 e. The molecule has 0 bridgehead atoms. The van der Waals surface area contributed by atoms with E-state index in [2.05, 4.69) is 4.98 Å². The quantitative estimate of drug-likeness (QED) is 0.875. The molecule has 1 amide bonds. The second-order valence-corrected chi connectivity index (χ2v) is 6.03. The first-order valence-corrected chi connectivity index (χ1v) is 7.83. The van der Waals surface area contributed by atoms with Crippen LogP contribution in [0, 0.1) is 0 Å². The minimum absolute atomic E-state index is 0.117. The number of para-hydroxylation sites is 1. The fourth-order valence-electron chi connectivity index (χ4n) is 3.69. The number of ether oxygens (including phenoxy) is 1. The lowest BCUT2D eigenvalue weighted by atomic mass is 9.90. The van der Waals surface area contributed by atoms with Gasteiger partial charge in [0.2, 0.25) is 0 Å². The first-order chi connectivity index (χ1) is 10.3. The Morgan fingerprint density at radius 2 is 2.10 bits per heavy atom.